The van der Waals surface area contributed by atoms with Crippen molar-refractivity contribution < 1.29 is 68.5 Å². The van der Waals surface area contributed by atoms with E-state index >= 15 is 0 Å². The molecule has 0 bridgehead atoms. The van der Waals surface area contributed by atoms with Crippen LogP contribution in [-0.2, 0) is 48.1 Å². The summed E-state index contributed by atoms with van der Waals surface area (Å²) in [5, 5.41) is 62.6. The van der Waals surface area contributed by atoms with Gasteiger partial charge in [-0.3, -0.25) is 20.0 Å². The van der Waals surface area contributed by atoms with Crippen LogP contribution in [0.1, 0.15) is 22.3 Å². The van der Waals surface area contributed by atoms with E-state index in [4.69, 9.17) is 10.8 Å². The van der Waals surface area contributed by atoms with Gasteiger partial charge in [-0.1, -0.05) is 121 Å². The van der Waals surface area contributed by atoms with Crippen molar-refractivity contribution >= 4 is 59.6 Å². The van der Waals surface area contributed by atoms with E-state index in [-0.39, 0.29) is 71.1 Å². The Hall–Kier alpha value is -4.55. The molecule has 0 spiro atoms. The zero-order valence-electron chi connectivity index (χ0n) is 26.2. The summed E-state index contributed by atoms with van der Waals surface area (Å²) in [5.74, 6) is -0.167. The van der Waals surface area contributed by atoms with Crippen molar-refractivity contribution in [3.63, 3.8) is 0 Å². The maximum Gasteiger partial charge on any atom is 0.0585 e. The molecule has 0 fully saturated rings. The van der Waals surface area contributed by atoms with Gasteiger partial charge in [0.2, 0.25) is 0 Å². The molecule has 0 aliphatic carbocycles. The fraction of sp³-hybridized carbons (Fsp3) is 0.118. The van der Waals surface area contributed by atoms with Crippen LogP contribution in [0, 0.1) is 0 Å². The van der Waals surface area contributed by atoms with E-state index in [0.29, 0.717) is 48.4 Å². The minimum Gasteiger partial charge on any atom is -2.00 e. The number of aliphatic imine (C=N–C) groups is 4. The Morgan fingerprint density at radius 2 is 0.600 bits per heavy atom. The Bertz CT molecular complexity index is 1450. The number of para-hydroxylation sites is 4. The van der Waals surface area contributed by atoms with Crippen molar-refractivity contribution in [2.24, 2.45) is 20.0 Å². The molecule has 0 aromatic heterocycles. The van der Waals surface area contributed by atoms with Gasteiger partial charge in [0.25, 0.3) is 0 Å². The molecule has 0 saturated heterocycles. The van der Waals surface area contributed by atoms with Crippen LogP contribution in [0.15, 0.2) is 117 Å². The molecule has 0 atom stereocenters. The minimum atomic E-state index is -0.0416. The first-order valence-electron chi connectivity index (χ1n) is 13.4. The number of nitrogens with zero attached hydrogens (tertiary/aromatic N) is 6. The van der Waals surface area contributed by atoms with Crippen molar-refractivity contribution in [3.8, 4) is 23.0 Å². The van der Waals surface area contributed by atoms with Crippen LogP contribution >= 0.6 is 24.4 Å². The summed E-state index contributed by atoms with van der Waals surface area (Å²) < 4.78 is 0. The number of hydrogen-bond donors (Lipinski definition) is 0. The summed E-state index contributed by atoms with van der Waals surface area (Å²) >= 11 is 7.40. The second-order valence-corrected chi connectivity index (χ2v) is 8.84. The van der Waals surface area contributed by atoms with E-state index in [1.54, 1.807) is 97.7 Å². The average Bonchev–Trinajstić information content (AvgIpc) is 3.05. The minimum absolute atomic E-state index is 0. The van der Waals surface area contributed by atoms with Crippen LogP contribution in [0.4, 0.5) is 0 Å². The molecule has 0 amide bonds. The summed E-state index contributed by atoms with van der Waals surface area (Å²) in [4.78, 5) is 16.6. The first-order chi connectivity index (χ1) is 22.4. The summed E-state index contributed by atoms with van der Waals surface area (Å²) in [6.07, 6.45) is 6.22. The second kappa shape index (κ2) is 34.3. The molecule has 16 heteroatoms. The molecule has 0 saturated carbocycles. The van der Waals surface area contributed by atoms with Gasteiger partial charge < -0.3 is 42.2 Å². The molecule has 0 N–H and O–H groups in total. The maximum atomic E-state index is 11.4. The summed E-state index contributed by atoms with van der Waals surface area (Å²) in [7, 11) is 0. The first-order valence-corrected chi connectivity index (χ1v) is 14.3. The van der Waals surface area contributed by atoms with Gasteiger partial charge in [-0.25, -0.2) is 0 Å². The number of benzene rings is 4. The molecule has 4 rings (SSSR count). The van der Waals surface area contributed by atoms with Crippen molar-refractivity contribution in [1.82, 2.24) is 0 Å². The molecule has 0 heterocycles. The Morgan fingerprint density at radius 1 is 0.440 bits per heavy atom. The molecule has 0 aliphatic rings. The van der Waals surface area contributed by atoms with Crippen molar-refractivity contribution in [3.05, 3.63) is 130 Å². The standard InChI is InChI=1S/2C16H16N2O2.2CNS.2O.2V/c2*19-15-7-3-1-5-13(15)11-17-9-10-18-12-14-6-2-4-8-16(14)20;2*2-1-3;;;;/h2*1-8,11-12,19-20H,9-10H2;;;;;;/q;;2*-1;2*-2;;/p-4. The van der Waals surface area contributed by atoms with Crippen molar-refractivity contribution in [1.29, 1.82) is 0 Å². The number of thiocarbonyl (C=S) groups is 2. The smallest absolute Gasteiger partial charge is 0.0585 e. The normalized spacial score (nSPS) is 9.44. The van der Waals surface area contributed by atoms with Gasteiger partial charge in [0.1, 0.15) is 0 Å². The van der Waals surface area contributed by atoms with Gasteiger partial charge in [0.15, 0.2) is 0 Å². The molecular formula is C34H28N6O6S2V2-10. The third-order valence-corrected chi connectivity index (χ3v) is 5.31. The molecule has 0 unspecified atom stereocenters. The van der Waals surface area contributed by atoms with Crippen LogP contribution in [0.25, 0.3) is 10.8 Å². The number of hydrogen-bond acceptors (Lipinski definition) is 10. The molecule has 2 radical (unpaired) electrons. The maximum absolute atomic E-state index is 11.4. The Labute approximate surface area is 325 Å². The van der Waals surface area contributed by atoms with Crippen LogP contribution < -0.4 is 20.4 Å². The third-order valence-electron chi connectivity index (χ3n) is 5.31. The van der Waals surface area contributed by atoms with Gasteiger partial charge in [-0.2, -0.15) is 10.3 Å². The fourth-order valence-electron chi connectivity index (χ4n) is 3.23. The van der Waals surface area contributed by atoms with E-state index in [1.807, 2.05) is 0 Å². The molecule has 4 aromatic rings. The molecule has 4 aromatic carbocycles. The second-order valence-electron chi connectivity index (χ2n) is 8.48. The number of rotatable bonds is 10. The summed E-state index contributed by atoms with van der Waals surface area (Å²) in [6, 6.07) is 26.9. The molecular weight excluding hydrogens is 754 g/mol. The van der Waals surface area contributed by atoms with Gasteiger partial charge in [-0.05, 0) is 22.3 Å². The van der Waals surface area contributed by atoms with Gasteiger partial charge in [0.05, 0.1) is 26.2 Å². The average molecular weight is 783 g/mol. The Kier molecular flexibility index (Phi) is 35.9. The monoisotopic (exact) mass is 782 g/mol. The topological polar surface area (TPSA) is 243 Å². The van der Waals surface area contributed by atoms with E-state index in [2.05, 4.69) is 44.4 Å². The Morgan fingerprint density at radius 3 is 0.760 bits per heavy atom. The first kappa shape index (κ1) is 52.3. The van der Waals surface area contributed by atoms with Gasteiger partial charge in [-0.15, -0.1) is 23.0 Å². The Balaban J connectivity index is -0.000000342. The summed E-state index contributed by atoms with van der Waals surface area (Å²) in [5.41, 5.74) is 2.28. The van der Waals surface area contributed by atoms with E-state index in [0.717, 1.165) is 0 Å². The van der Waals surface area contributed by atoms with Crippen LogP contribution in [0.2, 0.25) is 0 Å². The largest absolute Gasteiger partial charge is 2.00 e. The van der Waals surface area contributed by atoms with E-state index in [1.165, 1.54) is 34.6 Å². The predicted molar refractivity (Wildman–Crippen MR) is 187 cm³/mol. The van der Waals surface area contributed by atoms with Gasteiger partial charge >= 0.3 is 0 Å². The quantitative estimate of drug-likeness (QED) is 0.131. The van der Waals surface area contributed by atoms with E-state index < -0.39 is 0 Å². The molecule has 0 aliphatic heterocycles. The van der Waals surface area contributed by atoms with Crippen LogP contribution in [0.5, 0.6) is 23.0 Å². The molecule has 262 valence electrons. The zero-order chi connectivity index (χ0) is 33.8. The van der Waals surface area contributed by atoms with E-state index in [9.17, 15) is 20.4 Å². The number of isothiocyanates is 2. The van der Waals surface area contributed by atoms with Crippen molar-refractivity contribution in [2.45, 2.75) is 0 Å². The van der Waals surface area contributed by atoms with Gasteiger partial charge in [0, 0.05) is 62.0 Å². The summed E-state index contributed by atoms with van der Waals surface area (Å²) in [6.45, 7) is 1.91. The molecule has 12 nitrogen and oxygen atoms in total. The zero-order valence-corrected chi connectivity index (χ0v) is 30.6. The molecule has 50 heavy (non-hydrogen) atoms. The van der Waals surface area contributed by atoms with Crippen molar-refractivity contribution in [2.75, 3.05) is 26.2 Å². The van der Waals surface area contributed by atoms with Crippen LogP contribution in [0.3, 0.4) is 0 Å². The fourth-order valence-corrected chi connectivity index (χ4v) is 3.23. The SMILES string of the molecule is [N-]=C=S.[N-]=C=S.[O-2].[O-2].[O-]c1ccccc1C=NCCN=Cc1ccccc1[O-].[O-]c1ccccc1C=NCCN=Cc1ccccc1[O-].[V].[V]. The third kappa shape index (κ3) is 23.7. The predicted octanol–water partition coefficient (Wildman–Crippen LogP) is 3.82. The van der Waals surface area contributed by atoms with Crippen LogP contribution in [-0.4, -0.2) is 61.4 Å².